The third-order valence-corrected chi connectivity index (χ3v) is 2.45. The van der Waals surface area contributed by atoms with Crippen LogP contribution in [0.3, 0.4) is 0 Å². The lowest BCUT2D eigenvalue weighted by Crippen LogP contribution is -2.35. The third-order valence-electron chi connectivity index (χ3n) is 2.45. The molecule has 0 radical (unpaired) electrons. The Kier molecular flexibility index (Phi) is 3.11. The quantitative estimate of drug-likeness (QED) is 0.801. The number of morpholine rings is 1. The lowest BCUT2D eigenvalue weighted by molar-refractivity contribution is -0.138. The summed E-state index contributed by atoms with van der Waals surface area (Å²) in [6.45, 7) is 1.32. The molecule has 0 aliphatic carbocycles. The van der Waals surface area contributed by atoms with Crippen LogP contribution in [0.1, 0.15) is 17.2 Å². The number of nitrogens with zero attached hydrogens (tertiary/aromatic N) is 1. The fourth-order valence-corrected chi connectivity index (χ4v) is 1.71. The van der Waals surface area contributed by atoms with Crippen molar-refractivity contribution in [2.45, 2.75) is 12.2 Å². The van der Waals surface area contributed by atoms with E-state index in [0.717, 1.165) is 12.3 Å². The summed E-state index contributed by atoms with van der Waals surface area (Å²) in [5.41, 5.74) is -0.500. The Bertz CT molecular complexity index is 361. The molecule has 1 saturated heterocycles. The van der Waals surface area contributed by atoms with Gasteiger partial charge in [-0.3, -0.25) is 4.98 Å². The SMILES string of the molecule is FC(F)(F)c1ccncc1C1COCCN1. The molecule has 1 aliphatic rings. The van der Waals surface area contributed by atoms with Gasteiger partial charge in [-0.2, -0.15) is 13.2 Å². The number of halogens is 3. The van der Waals surface area contributed by atoms with E-state index in [1.54, 1.807) is 0 Å². The first-order chi connectivity index (χ1) is 7.59. The van der Waals surface area contributed by atoms with Crippen LogP contribution in [0.15, 0.2) is 18.5 Å². The van der Waals surface area contributed by atoms with Crippen LogP contribution in [0.2, 0.25) is 0 Å². The van der Waals surface area contributed by atoms with Gasteiger partial charge in [-0.05, 0) is 6.07 Å². The van der Waals surface area contributed by atoms with Crippen LogP contribution in [-0.4, -0.2) is 24.7 Å². The van der Waals surface area contributed by atoms with Crippen molar-refractivity contribution >= 4 is 0 Å². The van der Waals surface area contributed by atoms with Crippen molar-refractivity contribution < 1.29 is 17.9 Å². The highest BCUT2D eigenvalue weighted by atomic mass is 19.4. The van der Waals surface area contributed by atoms with Gasteiger partial charge in [0.25, 0.3) is 0 Å². The predicted molar refractivity (Wildman–Crippen MR) is 50.8 cm³/mol. The molecule has 1 N–H and O–H groups in total. The first kappa shape index (κ1) is 11.3. The summed E-state index contributed by atoms with van der Waals surface area (Å²) >= 11 is 0. The smallest absolute Gasteiger partial charge is 0.378 e. The van der Waals surface area contributed by atoms with Crippen LogP contribution in [0.4, 0.5) is 13.2 Å². The summed E-state index contributed by atoms with van der Waals surface area (Å²) in [5.74, 6) is 0. The molecule has 88 valence electrons. The molecule has 1 fully saturated rings. The van der Waals surface area contributed by atoms with Gasteiger partial charge in [0.2, 0.25) is 0 Å². The Balaban J connectivity index is 2.32. The number of rotatable bonds is 1. The molecule has 1 aliphatic heterocycles. The second-order valence-electron chi connectivity index (χ2n) is 3.54. The number of hydrogen-bond acceptors (Lipinski definition) is 3. The van der Waals surface area contributed by atoms with E-state index in [2.05, 4.69) is 10.3 Å². The normalized spacial score (nSPS) is 22.1. The van der Waals surface area contributed by atoms with Crippen LogP contribution in [-0.2, 0) is 10.9 Å². The summed E-state index contributed by atoms with van der Waals surface area (Å²) in [7, 11) is 0. The molecule has 1 atom stereocenters. The van der Waals surface area contributed by atoms with E-state index in [0.29, 0.717) is 13.2 Å². The maximum absolute atomic E-state index is 12.7. The highest BCUT2D eigenvalue weighted by molar-refractivity contribution is 5.29. The molecular weight excluding hydrogens is 221 g/mol. The van der Waals surface area contributed by atoms with Crippen LogP contribution < -0.4 is 5.32 Å². The molecule has 0 saturated carbocycles. The maximum atomic E-state index is 12.7. The molecule has 2 heterocycles. The molecule has 6 heteroatoms. The van der Waals surface area contributed by atoms with E-state index in [9.17, 15) is 13.2 Å². The first-order valence-electron chi connectivity index (χ1n) is 4.91. The topological polar surface area (TPSA) is 34.1 Å². The minimum absolute atomic E-state index is 0.148. The molecule has 0 spiro atoms. The molecule has 3 nitrogen and oxygen atoms in total. The number of hydrogen-bond donors (Lipinski definition) is 1. The van der Waals surface area contributed by atoms with Gasteiger partial charge in [0.05, 0.1) is 24.8 Å². The molecule has 1 unspecified atom stereocenters. The second-order valence-corrected chi connectivity index (χ2v) is 3.54. The van der Waals surface area contributed by atoms with Crippen molar-refractivity contribution in [2.75, 3.05) is 19.8 Å². The lowest BCUT2D eigenvalue weighted by atomic mass is 10.0. The minimum Gasteiger partial charge on any atom is -0.378 e. The summed E-state index contributed by atoms with van der Waals surface area (Å²) < 4.78 is 43.3. The lowest BCUT2D eigenvalue weighted by Gasteiger charge is -2.26. The van der Waals surface area contributed by atoms with Gasteiger partial charge in [0.1, 0.15) is 0 Å². The van der Waals surface area contributed by atoms with E-state index in [1.807, 2.05) is 0 Å². The largest absolute Gasteiger partial charge is 0.416 e. The highest BCUT2D eigenvalue weighted by Crippen LogP contribution is 2.34. The molecule has 1 aromatic heterocycles. The molecule has 0 amide bonds. The molecule has 1 aromatic rings. The van der Waals surface area contributed by atoms with Crippen molar-refractivity contribution in [2.24, 2.45) is 0 Å². The average Bonchev–Trinajstić information content (AvgIpc) is 2.29. The van der Waals surface area contributed by atoms with E-state index in [4.69, 9.17) is 4.74 Å². The van der Waals surface area contributed by atoms with Crippen LogP contribution in [0.5, 0.6) is 0 Å². The van der Waals surface area contributed by atoms with Crippen molar-refractivity contribution in [3.8, 4) is 0 Å². The zero-order valence-corrected chi connectivity index (χ0v) is 8.42. The summed E-state index contributed by atoms with van der Waals surface area (Å²) in [6.07, 6.45) is -1.96. The van der Waals surface area contributed by atoms with Crippen molar-refractivity contribution in [1.29, 1.82) is 0 Å². The van der Waals surface area contributed by atoms with Gasteiger partial charge in [-0.1, -0.05) is 0 Å². The van der Waals surface area contributed by atoms with Crippen LogP contribution >= 0.6 is 0 Å². The Morgan fingerprint density at radius 2 is 2.25 bits per heavy atom. The standard InChI is InChI=1S/C10H11F3N2O/c11-10(12,13)8-1-2-14-5-7(8)9-6-16-4-3-15-9/h1-2,5,9,15H,3-4,6H2. The van der Waals surface area contributed by atoms with E-state index in [1.165, 1.54) is 6.20 Å². The van der Waals surface area contributed by atoms with Crippen molar-refractivity contribution in [3.63, 3.8) is 0 Å². The van der Waals surface area contributed by atoms with Gasteiger partial charge < -0.3 is 10.1 Å². The first-order valence-corrected chi connectivity index (χ1v) is 4.91. The molecular formula is C10H11F3N2O. The van der Waals surface area contributed by atoms with Crippen molar-refractivity contribution in [3.05, 3.63) is 29.6 Å². The number of pyridine rings is 1. The van der Waals surface area contributed by atoms with Gasteiger partial charge >= 0.3 is 6.18 Å². The minimum atomic E-state index is -4.35. The zero-order chi connectivity index (χ0) is 11.6. The molecule has 2 rings (SSSR count). The third kappa shape index (κ3) is 2.33. The fraction of sp³-hybridized carbons (Fsp3) is 0.500. The summed E-state index contributed by atoms with van der Waals surface area (Å²) in [6, 6.07) is 0.560. The van der Waals surface area contributed by atoms with Crippen LogP contribution in [0, 0.1) is 0 Å². The van der Waals surface area contributed by atoms with Crippen LogP contribution in [0.25, 0.3) is 0 Å². The highest BCUT2D eigenvalue weighted by Gasteiger charge is 2.35. The number of nitrogens with one attached hydrogen (secondary N) is 1. The number of alkyl halides is 3. The van der Waals surface area contributed by atoms with E-state index >= 15 is 0 Å². The summed E-state index contributed by atoms with van der Waals surface area (Å²) in [5, 5.41) is 2.98. The molecule has 0 aromatic carbocycles. The Hall–Kier alpha value is -1.14. The number of aromatic nitrogens is 1. The summed E-state index contributed by atoms with van der Waals surface area (Å²) in [4.78, 5) is 3.74. The predicted octanol–water partition coefficient (Wildman–Crippen LogP) is 1.76. The van der Waals surface area contributed by atoms with E-state index < -0.39 is 17.8 Å². The van der Waals surface area contributed by atoms with E-state index in [-0.39, 0.29) is 12.2 Å². The molecule has 0 bridgehead atoms. The van der Waals surface area contributed by atoms with Crippen molar-refractivity contribution in [1.82, 2.24) is 10.3 Å². The van der Waals surface area contributed by atoms with Gasteiger partial charge in [-0.15, -0.1) is 0 Å². The monoisotopic (exact) mass is 232 g/mol. The van der Waals surface area contributed by atoms with Gasteiger partial charge in [0.15, 0.2) is 0 Å². The zero-order valence-electron chi connectivity index (χ0n) is 8.42. The number of ether oxygens (including phenoxy) is 1. The average molecular weight is 232 g/mol. The second kappa shape index (κ2) is 4.39. The Labute approximate surface area is 90.6 Å². The van der Waals surface area contributed by atoms with Gasteiger partial charge in [-0.25, -0.2) is 0 Å². The van der Waals surface area contributed by atoms with Gasteiger partial charge in [0, 0.05) is 24.5 Å². The fourth-order valence-electron chi connectivity index (χ4n) is 1.71. The molecule has 16 heavy (non-hydrogen) atoms. The Morgan fingerprint density at radius 3 is 2.88 bits per heavy atom. The Morgan fingerprint density at radius 1 is 1.44 bits per heavy atom. The maximum Gasteiger partial charge on any atom is 0.416 e.